The molecule has 0 aromatic heterocycles. The van der Waals surface area contributed by atoms with Crippen molar-refractivity contribution in [2.24, 2.45) is 21.7 Å². The number of carbonyl (C=O) groups is 2. The number of nitrogens with one attached hydrogen (secondary N) is 2. The number of ketones is 2. The van der Waals surface area contributed by atoms with Crippen LogP contribution in [0.5, 0.6) is 0 Å². The molecule has 0 amide bonds. The van der Waals surface area contributed by atoms with E-state index in [1.807, 2.05) is 12.4 Å². The monoisotopic (exact) mass is 636 g/mol. The molecule has 42 heavy (non-hydrogen) atoms. The van der Waals surface area contributed by atoms with Gasteiger partial charge in [0.1, 0.15) is 0 Å². The van der Waals surface area contributed by atoms with Crippen molar-refractivity contribution in [3.8, 4) is 0 Å². The minimum atomic E-state index is -0.228. The Hall–Kier alpha value is -1.81. The van der Waals surface area contributed by atoms with E-state index in [9.17, 15) is 9.59 Å². The predicted molar refractivity (Wildman–Crippen MR) is 169 cm³/mol. The number of Topliss-reactive ketones (excluding diaryl/α,β-unsaturated/α-hetero) is 2. The summed E-state index contributed by atoms with van der Waals surface area (Å²) in [5, 5.41) is 7.25. The first kappa shape index (κ1) is 38.2. The van der Waals surface area contributed by atoms with Gasteiger partial charge in [0.2, 0.25) is 0 Å². The van der Waals surface area contributed by atoms with Crippen molar-refractivity contribution in [3.63, 3.8) is 0 Å². The summed E-state index contributed by atoms with van der Waals surface area (Å²) in [5.74, 6) is 0.203. The van der Waals surface area contributed by atoms with Crippen LogP contribution >= 0.6 is 0 Å². The molecule has 0 aromatic carbocycles. The van der Waals surface area contributed by atoms with Crippen molar-refractivity contribution in [2.45, 2.75) is 121 Å². The van der Waals surface area contributed by atoms with Gasteiger partial charge in [-0.2, -0.15) is 0 Å². The molecule has 0 aromatic rings. The van der Waals surface area contributed by atoms with Gasteiger partial charge < -0.3 is 23.0 Å². The second-order valence-electron chi connectivity index (χ2n) is 16.0. The molecule has 0 spiro atoms. The zero-order chi connectivity index (χ0) is 30.3. The van der Waals surface area contributed by atoms with Crippen LogP contribution in [-0.2, 0) is 26.7 Å². The number of rotatable bonds is 4. The van der Waals surface area contributed by atoms with E-state index in [-0.39, 0.29) is 74.8 Å². The summed E-state index contributed by atoms with van der Waals surface area (Å²) in [6.07, 6.45) is 16.5. The van der Waals surface area contributed by atoms with Crippen molar-refractivity contribution in [2.75, 3.05) is 0 Å². The molecule has 4 nitrogen and oxygen atoms in total. The van der Waals surface area contributed by atoms with Crippen LogP contribution in [0.2, 0.25) is 0 Å². The Morgan fingerprint density at radius 3 is 1.14 bits per heavy atom. The molecular weight excluding hydrogens is 583 g/mol. The average Bonchev–Trinajstić information content (AvgIpc) is 2.80. The maximum Gasteiger partial charge on any atom is 0.191 e. The van der Waals surface area contributed by atoms with E-state index >= 15 is 0 Å². The SMILES string of the molecule is CC(C)(C)C1=C/C(=C/N[C@@H]2CCCC[C@H]2N/C=C2/C=C(C(C)(C)C)C=C(C(C)(C)C)C2=O)C(=O)C(C(C)(C)C)=C1.[Cl-].[Mn]. The molecule has 1 fully saturated rings. The Morgan fingerprint density at radius 2 is 0.881 bits per heavy atom. The minimum absolute atomic E-state index is 0. The Morgan fingerprint density at radius 1 is 0.571 bits per heavy atom. The largest absolute Gasteiger partial charge is 1.00 e. The first-order valence-corrected chi connectivity index (χ1v) is 15.1. The Kier molecular flexibility index (Phi) is 12.6. The van der Waals surface area contributed by atoms with Crippen LogP contribution in [0.4, 0.5) is 0 Å². The van der Waals surface area contributed by atoms with Crippen LogP contribution in [0, 0.1) is 21.7 Å². The summed E-state index contributed by atoms with van der Waals surface area (Å²) < 4.78 is 0. The van der Waals surface area contributed by atoms with Gasteiger partial charge in [0.05, 0.1) is 0 Å². The van der Waals surface area contributed by atoms with E-state index in [0.717, 1.165) is 48.0 Å². The van der Waals surface area contributed by atoms with Crippen LogP contribution in [0.1, 0.15) is 109 Å². The standard InChI is InChI=1S/C36H54N2O2.ClH.Mn/c1-33(2,3)25-17-23(31(39)27(19-25)35(7,8)9)21-37-29-15-13-14-16-30(29)38-22-24-18-26(34(4,5)6)20-28(32(24)40)36(10,11)12;;/h17-22,29-30,37-38H,13-16H2,1-12H3;1H;/p-1/b23-21-,24-22-;;/t29-,30-;;/m1../s1. The molecule has 0 bridgehead atoms. The Bertz CT molecular complexity index is 1120. The molecule has 3 aliphatic rings. The molecule has 0 unspecified atom stereocenters. The maximum absolute atomic E-state index is 13.5. The van der Waals surface area contributed by atoms with E-state index in [2.05, 4.69) is 118 Å². The molecule has 235 valence electrons. The quantitative estimate of drug-likeness (QED) is 0.325. The van der Waals surface area contributed by atoms with E-state index in [4.69, 9.17) is 0 Å². The molecule has 0 aliphatic heterocycles. The number of allylic oxidation sites excluding steroid dienone is 10. The van der Waals surface area contributed by atoms with Crippen molar-refractivity contribution in [1.82, 2.24) is 10.6 Å². The molecule has 3 aliphatic carbocycles. The summed E-state index contributed by atoms with van der Waals surface area (Å²) >= 11 is 0. The van der Waals surface area contributed by atoms with Crippen LogP contribution in [0.15, 0.2) is 70.1 Å². The molecule has 2 atom stereocenters. The summed E-state index contributed by atoms with van der Waals surface area (Å²) in [6, 6.07) is 0.340. The van der Waals surface area contributed by atoms with Crippen molar-refractivity contribution in [1.29, 1.82) is 0 Å². The molecule has 0 heterocycles. The first-order valence-electron chi connectivity index (χ1n) is 15.1. The van der Waals surface area contributed by atoms with Gasteiger partial charge >= 0.3 is 0 Å². The molecule has 3 rings (SSSR count). The molecule has 1 radical (unpaired) electrons. The fraction of sp³-hybridized carbons (Fsp3) is 0.611. The van der Waals surface area contributed by atoms with Crippen LogP contribution < -0.4 is 23.0 Å². The van der Waals surface area contributed by atoms with Gasteiger partial charge in [-0.1, -0.05) is 108 Å². The topological polar surface area (TPSA) is 58.2 Å². The normalized spacial score (nSPS) is 24.2. The van der Waals surface area contributed by atoms with Gasteiger partial charge in [-0.3, -0.25) is 9.59 Å². The number of halogens is 1. The van der Waals surface area contributed by atoms with Gasteiger partial charge in [-0.25, -0.2) is 0 Å². The minimum Gasteiger partial charge on any atom is -1.00 e. The van der Waals surface area contributed by atoms with E-state index in [1.54, 1.807) is 0 Å². The third-order valence-corrected chi connectivity index (χ3v) is 8.26. The summed E-state index contributed by atoms with van der Waals surface area (Å²) in [7, 11) is 0. The van der Waals surface area contributed by atoms with Crippen LogP contribution in [0.3, 0.4) is 0 Å². The van der Waals surface area contributed by atoms with E-state index < -0.39 is 0 Å². The Balaban J connectivity index is 0.00000441. The van der Waals surface area contributed by atoms with Crippen molar-refractivity contribution >= 4 is 11.6 Å². The van der Waals surface area contributed by atoms with Gasteiger partial charge in [-0.05, 0) is 57.8 Å². The number of hydrogen-bond acceptors (Lipinski definition) is 4. The second kappa shape index (κ2) is 13.9. The second-order valence-corrected chi connectivity index (χ2v) is 16.0. The first-order chi connectivity index (χ1) is 18.2. The summed E-state index contributed by atoms with van der Waals surface area (Å²) in [6.45, 7) is 25.8. The van der Waals surface area contributed by atoms with Crippen molar-refractivity contribution in [3.05, 3.63) is 70.1 Å². The fourth-order valence-electron chi connectivity index (χ4n) is 5.42. The molecule has 1 saturated carbocycles. The molecule has 0 saturated heterocycles. The number of hydrogen-bond donors (Lipinski definition) is 2. The van der Waals surface area contributed by atoms with Crippen LogP contribution in [-0.4, -0.2) is 23.7 Å². The third-order valence-electron chi connectivity index (χ3n) is 8.26. The summed E-state index contributed by atoms with van der Waals surface area (Å²) in [4.78, 5) is 27.0. The van der Waals surface area contributed by atoms with Crippen molar-refractivity contribution < 1.29 is 39.1 Å². The Labute approximate surface area is 273 Å². The fourth-order valence-corrected chi connectivity index (χ4v) is 5.42. The van der Waals surface area contributed by atoms with Gasteiger partial charge in [0, 0.05) is 63.8 Å². The smallest absolute Gasteiger partial charge is 0.191 e. The number of carbonyl (C=O) groups excluding carboxylic acids is 2. The van der Waals surface area contributed by atoms with Crippen LogP contribution in [0.25, 0.3) is 0 Å². The zero-order valence-electron chi connectivity index (χ0n) is 28.0. The van der Waals surface area contributed by atoms with E-state index in [1.165, 1.54) is 11.1 Å². The maximum atomic E-state index is 13.5. The van der Waals surface area contributed by atoms with E-state index in [0.29, 0.717) is 0 Å². The van der Waals surface area contributed by atoms with Gasteiger partial charge in [0.15, 0.2) is 11.6 Å². The molecule has 6 heteroatoms. The summed E-state index contributed by atoms with van der Waals surface area (Å²) in [5.41, 5.74) is 4.95. The predicted octanol–water partition coefficient (Wildman–Crippen LogP) is 5.30. The van der Waals surface area contributed by atoms with Gasteiger partial charge in [0.25, 0.3) is 0 Å². The molecular formula is C36H54ClMnN2O2-. The van der Waals surface area contributed by atoms with Gasteiger partial charge in [-0.15, -0.1) is 0 Å². The zero-order valence-corrected chi connectivity index (χ0v) is 30.0. The third kappa shape index (κ3) is 9.34. The average molecular weight is 637 g/mol. The molecule has 2 N–H and O–H groups in total.